The van der Waals surface area contributed by atoms with Gasteiger partial charge in [-0.15, -0.1) is 0 Å². The second kappa shape index (κ2) is 15.3. The Labute approximate surface area is 241 Å². The van der Waals surface area contributed by atoms with Crippen LogP contribution in [0, 0.1) is 0 Å². The third kappa shape index (κ3) is 7.89. The standard InChI is InChI=1S/C35H48O5/c1-4-39-33(36)20-17-25-16-19-29(27-12-8-6-9-13-27)30(22-25)31-23-26(18-21-34(37)40-5-2)24-32(38-3)35(31)28-14-10-7-11-15-28/h16,19,22-24,27-28H,4-15,17-18,20-21H2,1-3H3. The van der Waals surface area contributed by atoms with Gasteiger partial charge in [0.25, 0.3) is 0 Å². The molecule has 0 saturated heterocycles. The lowest BCUT2D eigenvalue weighted by Crippen LogP contribution is -2.12. The number of methoxy groups -OCH3 is 1. The van der Waals surface area contributed by atoms with Crippen LogP contribution in [0.5, 0.6) is 5.75 Å². The summed E-state index contributed by atoms with van der Waals surface area (Å²) in [6, 6.07) is 11.3. The number of hydrogen-bond donors (Lipinski definition) is 0. The van der Waals surface area contributed by atoms with Crippen molar-refractivity contribution in [3.05, 3.63) is 52.6 Å². The molecule has 0 amide bonds. The van der Waals surface area contributed by atoms with Crippen LogP contribution in [0.2, 0.25) is 0 Å². The molecule has 0 bridgehead atoms. The van der Waals surface area contributed by atoms with Crippen molar-refractivity contribution in [2.45, 2.75) is 116 Å². The average molecular weight is 549 g/mol. The van der Waals surface area contributed by atoms with E-state index in [9.17, 15) is 9.59 Å². The fourth-order valence-corrected chi connectivity index (χ4v) is 6.75. The number of benzene rings is 2. The van der Waals surface area contributed by atoms with E-state index in [0.717, 1.165) is 16.9 Å². The molecule has 2 saturated carbocycles. The van der Waals surface area contributed by atoms with E-state index in [-0.39, 0.29) is 11.9 Å². The van der Waals surface area contributed by atoms with Gasteiger partial charge in [0.1, 0.15) is 5.75 Å². The molecule has 0 unspecified atom stereocenters. The molecule has 0 aliphatic heterocycles. The number of aryl methyl sites for hydroxylation is 2. The first-order valence-electron chi connectivity index (χ1n) is 15.7. The normalized spacial score (nSPS) is 16.5. The minimum absolute atomic E-state index is 0.147. The lowest BCUT2D eigenvalue weighted by atomic mass is 9.75. The van der Waals surface area contributed by atoms with Crippen LogP contribution in [0.25, 0.3) is 11.1 Å². The summed E-state index contributed by atoms with van der Waals surface area (Å²) in [6.45, 7) is 4.51. The lowest BCUT2D eigenvalue weighted by molar-refractivity contribution is -0.144. The van der Waals surface area contributed by atoms with Crippen LogP contribution in [0.3, 0.4) is 0 Å². The highest BCUT2D eigenvalue weighted by Crippen LogP contribution is 2.47. The molecule has 4 rings (SSSR count). The summed E-state index contributed by atoms with van der Waals surface area (Å²) >= 11 is 0. The van der Waals surface area contributed by atoms with Crippen molar-refractivity contribution in [2.24, 2.45) is 0 Å². The summed E-state index contributed by atoms with van der Waals surface area (Å²) in [7, 11) is 1.78. The van der Waals surface area contributed by atoms with Gasteiger partial charge in [-0.25, -0.2) is 0 Å². The molecule has 2 aromatic carbocycles. The number of hydrogen-bond acceptors (Lipinski definition) is 5. The minimum atomic E-state index is -0.164. The Morgan fingerprint density at radius 3 is 1.82 bits per heavy atom. The summed E-state index contributed by atoms with van der Waals surface area (Å²) in [5.41, 5.74) is 7.54. The Kier molecular flexibility index (Phi) is 11.5. The van der Waals surface area contributed by atoms with Gasteiger partial charge >= 0.3 is 11.9 Å². The molecular weight excluding hydrogens is 500 g/mol. The minimum Gasteiger partial charge on any atom is -0.496 e. The van der Waals surface area contributed by atoms with Crippen LogP contribution >= 0.6 is 0 Å². The van der Waals surface area contributed by atoms with Crippen molar-refractivity contribution >= 4 is 11.9 Å². The highest BCUT2D eigenvalue weighted by Gasteiger charge is 2.27. The fraction of sp³-hybridized carbons (Fsp3) is 0.600. The SMILES string of the molecule is CCOC(=O)CCc1ccc(C2CCCCC2)c(-c2cc(CCC(=O)OCC)cc(OC)c2C2CCCCC2)c1. The monoisotopic (exact) mass is 548 g/mol. The summed E-state index contributed by atoms with van der Waals surface area (Å²) < 4.78 is 16.5. The van der Waals surface area contributed by atoms with Gasteiger partial charge in [-0.2, -0.15) is 0 Å². The summed E-state index contributed by atoms with van der Waals surface area (Å²) in [4.78, 5) is 24.4. The molecule has 5 heteroatoms. The molecule has 218 valence electrons. The van der Waals surface area contributed by atoms with Gasteiger partial charge in [0.05, 0.1) is 20.3 Å². The quantitative estimate of drug-likeness (QED) is 0.249. The first-order valence-corrected chi connectivity index (χ1v) is 15.7. The molecule has 5 nitrogen and oxygen atoms in total. The third-order valence-electron chi connectivity index (χ3n) is 8.73. The second-order valence-electron chi connectivity index (χ2n) is 11.5. The van der Waals surface area contributed by atoms with Gasteiger partial charge in [0, 0.05) is 18.4 Å². The number of esters is 2. The van der Waals surface area contributed by atoms with Crippen molar-refractivity contribution in [1.82, 2.24) is 0 Å². The molecule has 0 heterocycles. The maximum atomic E-state index is 12.2. The number of rotatable bonds is 12. The molecule has 0 atom stereocenters. The van der Waals surface area contributed by atoms with Crippen molar-refractivity contribution in [1.29, 1.82) is 0 Å². The molecule has 0 aromatic heterocycles. The molecule has 0 spiro atoms. The zero-order valence-electron chi connectivity index (χ0n) is 24.9. The third-order valence-corrected chi connectivity index (χ3v) is 8.73. The van der Waals surface area contributed by atoms with Crippen LogP contribution in [0.15, 0.2) is 30.3 Å². The number of carbonyl (C=O) groups is 2. The molecule has 40 heavy (non-hydrogen) atoms. The van der Waals surface area contributed by atoms with Gasteiger partial charge in [-0.1, -0.05) is 62.8 Å². The largest absolute Gasteiger partial charge is 0.496 e. The fourth-order valence-electron chi connectivity index (χ4n) is 6.75. The van der Waals surface area contributed by atoms with E-state index in [4.69, 9.17) is 14.2 Å². The molecule has 2 aliphatic carbocycles. The van der Waals surface area contributed by atoms with Crippen molar-refractivity contribution in [3.8, 4) is 16.9 Å². The topological polar surface area (TPSA) is 61.8 Å². The highest BCUT2D eigenvalue weighted by atomic mass is 16.5. The number of ether oxygens (including phenoxy) is 3. The van der Waals surface area contributed by atoms with Crippen molar-refractivity contribution in [2.75, 3.05) is 20.3 Å². The molecule has 2 fully saturated rings. The summed E-state index contributed by atoms with van der Waals surface area (Å²) in [5.74, 6) is 1.63. The zero-order chi connectivity index (χ0) is 28.3. The highest BCUT2D eigenvalue weighted by molar-refractivity contribution is 5.77. The van der Waals surface area contributed by atoms with Crippen LogP contribution in [-0.2, 0) is 31.9 Å². The van der Waals surface area contributed by atoms with Gasteiger partial charge in [-0.05, 0) is 98.1 Å². The first kappa shape index (κ1) is 30.1. The van der Waals surface area contributed by atoms with Crippen LogP contribution in [0.4, 0.5) is 0 Å². The Balaban J connectivity index is 1.82. The smallest absolute Gasteiger partial charge is 0.306 e. The van der Waals surface area contributed by atoms with Gasteiger partial charge in [0.15, 0.2) is 0 Å². The Morgan fingerprint density at radius 2 is 1.25 bits per heavy atom. The van der Waals surface area contributed by atoms with Crippen molar-refractivity contribution in [3.63, 3.8) is 0 Å². The van der Waals surface area contributed by atoms with E-state index in [1.807, 2.05) is 13.8 Å². The van der Waals surface area contributed by atoms with Gasteiger partial charge in [0.2, 0.25) is 0 Å². The maximum absolute atomic E-state index is 12.2. The molecule has 0 N–H and O–H groups in total. The molecule has 2 aliphatic rings. The Morgan fingerprint density at radius 1 is 0.700 bits per heavy atom. The molecule has 0 radical (unpaired) electrons. The van der Waals surface area contributed by atoms with E-state index < -0.39 is 0 Å². The second-order valence-corrected chi connectivity index (χ2v) is 11.5. The predicted octanol–water partition coefficient (Wildman–Crippen LogP) is 8.45. The average Bonchev–Trinajstić information content (AvgIpc) is 2.99. The zero-order valence-corrected chi connectivity index (χ0v) is 24.9. The number of carbonyl (C=O) groups excluding carboxylic acids is 2. The molecular formula is C35H48O5. The van der Waals surface area contributed by atoms with Crippen LogP contribution in [-0.4, -0.2) is 32.3 Å². The Hall–Kier alpha value is -2.82. The molecule has 2 aromatic rings. The van der Waals surface area contributed by atoms with E-state index in [2.05, 4.69) is 30.3 Å². The van der Waals surface area contributed by atoms with E-state index in [1.165, 1.54) is 86.5 Å². The van der Waals surface area contributed by atoms with E-state index in [0.29, 0.717) is 50.7 Å². The van der Waals surface area contributed by atoms with Gasteiger partial charge in [-0.3, -0.25) is 9.59 Å². The lowest BCUT2D eigenvalue weighted by Gasteiger charge is -2.30. The summed E-state index contributed by atoms with van der Waals surface area (Å²) in [6.07, 6.45) is 14.4. The van der Waals surface area contributed by atoms with E-state index >= 15 is 0 Å². The Bertz CT molecular complexity index is 1120. The van der Waals surface area contributed by atoms with E-state index in [1.54, 1.807) is 7.11 Å². The summed E-state index contributed by atoms with van der Waals surface area (Å²) in [5, 5.41) is 0. The predicted molar refractivity (Wildman–Crippen MR) is 160 cm³/mol. The maximum Gasteiger partial charge on any atom is 0.306 e. The van der Waals surface area contributed by atoms with Gasteiger partial charge < -0.3 is 14.2 Å². The van der Waals surface area contributed by atoms with Crippen molar-refractivity contribution < 1.29 is 23.8 Å². The van der Waals surface area contributed by atoms with Crippen LogP contribution in [0.1, 0.15) is 125 Å². The first-order chi connectivity index (χ1) is 19.5. The van der Waals surface area contributed by atoms with Crippen LogP contribution < -0.4 is 4.74 Å².